The Morgan fingerprint density at radius 2 is 1.28 bits per heavy atom. The predicted octanol–water partition coefficient (Wildman–Crippen LogP) is 1.22. The highest BCUT2D eigenvalue weighted by Crippen LogP contribution is 2.18. The number of aliphatic hydroxyl groups excluding tert-OH is 1. The normalized spacial score (nSPS) is 15.1. The van der Waals surface area contributed by atoms with E-state index in [9.17, 15) is 54.7 Å². The lowest BCUT2D eigenvalue weighted by Crippen LogP contribution is -2.42. The second-order valence-corrected chi connectivity index (χ2v) is 12.3. The maximum atomic E-state index is 13.5. The van der Waals surface area contributed by atoms with Gasteiger partial charge in [0.2, 0.25) is 0 Å². The zero-order chi connectivity index (χ0) is 39.4. The van der Waals surface area contributed by atoms with Crippen molar-refractivity contribution in [3.63, 3.8) is 0 Å². The molecule has 0 spiro atoms. The Kier molecular flexibility index (Phi) is 14.3. The SMILES string of the molecule is C=C1C=CC=C(C(=O)NCCCN(CCCCN(CCCCC(=O)c2cccc(=O)n2O)C(=O)C2=CC=CC(O)N2O)C(=O)c2cccc(=O)n2O)N1O. The van der Waals surface area contributed by atoms with Crippen LogP contribution in [0.1, 0.15) is 59.5 Å². The number of ketones is 1. The fourth-order valence-electron chi connectivity index (χ4n) is 5.61. The number of carbonyl (C=O) groups excluding carboxylic acids is 4. The molecule has 4 rings (SSSR count). The Labute approximate surface area is 309 Å². The summed E-state index contributed by atoms with van der Waals surface area (Å²) in [6.45, 7) is 4.20. The summed E-state index contributed by atoms with van der Waals surface area (Å²) in [5.74, 6) is -2.31. The van der Waals surface area contributed by atoms with Crippen molar-refractivity contribution in [1.29, 1.82) is 0 Å². The van der Waals surface area contributed by atoms with E-state index in [-0.39, 0.29) is 89.9 Å². The summed E-state index contributed by atoms with van der Waals surface area (Å²) in [4.78, 5) is 78.9. The van der Waals surface area contributed by atoms with E-state index in [0.717, 1.165) is 12.1 Å². The number of hydroxylamine groups is 4. The molecule has 0 aromatic carbocycles. The van der Waals surface area contributed by atoms with Crippen LogP contribution >= 0.6 is 0 Å². The number of aromatic nitrogens is 2. The number of allylic oxidation sites excluding steroid dienone is 5. The van der Waals surface area contributed by atoms with E-state index in [1.807, 2.05) is 0 Å². The molecule has 0 bridgehead atoms. The van der Waals surface area contributed by atoms with Gasteiger partial charge in [0.05, 0.1) is 5.70 Å². The summed E-state index contributed by atoms with van der Waals surface area (Å²) in [6.07, 6.45) is 8.57. The fraction of sp³-hybridized carbons (Fsp3) is 0.333. The minimum absolute atomic E-state index is 0.0303. The minimum atomic E-state index is -1.44. The Morgan fingerprint density at radius 1 is 0.722 bits per heavy atom. The zero-order valence-corrected chi connectivity index (χ0v) is 29.4. The number of rotatable bonds is 18. The van der Waals surface area contributed by atoms with Crippen molar-refractivity contribution in [2.75, 3.05) is 32.7 Å². The number of pyridine rings is 2. The van der Waals surface area contributed by atoms with Crippen LogP contribution in [0.5, 0.6) is 0 Å². The lowest BCUT2D eigenvalue weighted by Gasteiger charge is -2.30. The summed E-state index contributed by atoms with van der Waals surface area (Å²) in [7, 11) is 0. The summed E-state index contributed by atoms with van der Waals surface area (Å²) < 4.78 is 0.519. The Balaban J connectivity index is 1.39. The molecule has 0 saturated carbocycles. The van der Waals surface area contributed by atoms with E-state index in [1.165, 1.54) is 64.4 Å². The van der Waals surface area contributed by atoms with Crippen molar-refractivity contribution < 1.29 is 45.1 Å². The third-order valence-electron chi connectivity index (χ3n) is 8.55. The molecule has 2 aromatic rings. The van der Waals surface area contributed by atoms with Gasteiger partial charge in [-0.3, -0.25) is 39.2 Å². The van der Waals surface area contributed by atoms with Gasteiger partial charge in [-0.25, -0.2) is 10.1 Å². The quantitative estimate of drug-likeness (QED) is 0.0715. The molecule has 288 valence electrons. The van der Waals surface area contributed by atoms with Crippen LogP contribution < -0.4 is 16.4 Å². The molecule has 0 saturated heterocycles. The van der Waals surface area contributed by atoms with Crippen LogP contribution in [0.4, 0.5) is 0 Å². The first-order valence-corrected chi connectivity index (χ1v) is 17.1. The van der Waals surface area contributed by atoms with Crippen LogP contribution in [0.2, 0.25) is 0 Å². The third-order valence-corrected chi connectivity index (χ3v) is 8.55. The number of nitrogens with one attached hydrogen (secondary N) is 1. The van der Waals surface area contributed by atoms with E-state index in [1.54, 1.807) is 6.08 Å². The maximum Gasteiger partial charge on any atom is 0.283 e. The predicted molar refractivity (Wildman–Crippen MR) is 190 cm³/mol. The van der Waals surface area contributed by atoms with Crippen LogP contribution in [0.3, 0.4) is 0 Å². The van der Waals surface area contributed by atoms with E-state index >= 15 is 0 Å². The van der Waals surface area contributed by atoms with Crippen molar-refractivity contribution in [2.24, 2.45) is 0 Å². The lowest BCUT2D eigenvalue weighted by atomic mass is 10.1. The Morgan fingerprint density at radius 3 is 1.94 bits per heavy atom. The molecule has 1 atom stereocenters. The zero-order valence-electron chi connectivity index (χ0n) is 29.4. The molecule has 2 aliphatic heterocycles. The fourth-order valence-corrected chi connectivity index (χ4v) is 5.61. The smallest absolute Gasteiger partial charge is 0.283 e. The molecular formula is C36H43N7O11. The van der Waals surface area contributed by atoms with E-state index in [0.29, 0.717) is 29.4 Å². The number of nitrogens with zero attached hydrogens (tertiary/aromatic N) is 6. The molecule has 18 heteroatoms. The molecule has 0 fully saturated rings. The van der Waals surface area contributed by atoms with Crippen LogP contribution in [0.15, 0.2) is 106 Å². The molecule has 54 heavy (non-hydrogen) atoms. The second kappa shape index (κ2) is 19.0. The average Bonchev–Trinajstić information content (AvgIpc) is 3.15. The number of Topliss-reactive ketones (excluding diaryl/α,β-unsaturated/α-hetero) is 1. The monoisotopic (exact) mass is 749 g/mol. The largest absolute Gasteiger partial charge is 0.425 e. The lowest BCUT2D eigenvalue weighted by molar-refractivity contribution is -0.164. The minimum Gasteiger partial charge on any atom is -0.425 e. The Hall–Kier alpha value is -6.24. The highest BCUT2D eigenvalue weighted by molar-refractivity contribution is 5.95. The molecule has 4 heterocycles. The average molecular weight is 750 g/mol. The van der Waals surface area contributed by atoms with Gasteiger partial charge in [0.1, 0.15) is 22.8 Å². The first kappa shape index (κ1) is 40.5. The van der Waals surface area contributed by atoms with Gasteiger partial charge in [-0.05, 0) is 68.5 Å². The van der Waals surface area contributed by atoms with Crippen LogP contribution in [-0.2, 0) is 9.59 Å². The van der Waals surface area contributed by atoms with Gasteiger partial charge in [-0.15, -0.1) is 9.46 Å². The maximum absolute atomic E-state index is 13.5. The van der Waals surface area contributed by atoms with Crippen molar-refractivity contribution in [2.45, 2.75) is 44.8 Å². The van der Waals surface area contributed by atoms with Crippen LogP contribution in [0.25, 0.3) is 0 Å². The molecule has 2 aromatic heterocycles. The van der Waals surface area contributed by atoms with Crippen molar-refractivity contribution >= 4 is 23.5 Å². The molecule has 2 aliphatic rings. The summed E-state index contributed by atoms with van der Waals surface area (Å²) in [6, 6.07) is 7.49. The van der Waals surface area contributed by atoms with Crippen LogP contribution in [0, 0.1) is 0 Å². The number of hydrogen-bond donors (Lipinski definition) is 6. The van der Waals surface area contributed by atoms with Crippen molar-refractivity contribution in [3.05, 3.63) is 129 Å². The number of unbranched alkanes of at least 4 members (excludes halogenated alkanes) is 2. The third kappa shape index (κ3) is 10.2. The first-order valence-electron chi connectivity index (χ1n) is 17.1. The molecule has 18 nitrogen and oxygen atoms in total. The van der Waals surface area contributed by atoms with Crippen molar-refractivity contribution in [3.8, 4) is 0 Å². The van der Waals surface area contributed by atoms with E-state index < -0.39 is 40.9 Å². The van der Waals surface area contributed by atoms with Gasteiger partial charge in [0.25, 0.3) is 28.8 Å². The van der Waals surface area contributed by atoms with E-state index in [2.05, 4.69) is 11.9 Å². The van der Waals surface area contributed by atoms with Gasteiger partial charge in [-0.1, -0.05) is 30.9 Å². The number of amides is 3. The molecular weight excluding hydrogens is 706 g/mol. The highest BCUT2D eigenvalue weighted by atomic mass is 16.5. The molecule has 1 unspecified atom stereocenters. The standard InChI is InChI=1S/C36H43N7O11/c1-25-11-6-13-27(40(25)51)34(48)37-20-10-24-39(36(50)29-15-9-19-33(47)43(29)54)23-5-4-22-38(35(49)28-14-8-18-32(46)42(28)53)21-3-2-16-30(44)26-12-7-17-31(45)41(26)52/h6-9,11-15,17-19,32,46,51-54H,1-5,10,16,20-24H2,(H,37,48). The topological polar surface area (TPSA) is 238 Å². The molecule has 6 N–H and O–H groups in total. The molecule has 0 radical (unpaired) electrons. The van der Waals surface area contributed by atoms with Gasteiger partial charge < -0.3 is 30.6 Å². The van der Waals surface area contributed by atoms with Gasteiger partial charge in [-0.2, -0.15) is 0 Å². The number of hydrogen-bond acceptors (Lipinski definition) is 13. The molecule has 0 aliphatic carbocycles. The summed E-state index contributed by atoms with van der Waals surface area (Å²) in [5, 5.41) is 54.4. The molecule has 3 amide bonds. The Bertz CT molecular complexity index is 1980. The summed E-state index contributed by atoms with van der Waals surface area (Å²) in [5.41, 5.74) is -2.03. The van der Waals surface area contributed by atoms with Crippen molar-refractivity contribution in [1.82, 2.24) is 34.7 Å². The number of carbonyl (C=O) groups is 4. The first-order chi connectivity index (χ1) is 25.8. The van der Waals surface area contributed by atoms with Gasteiger partial charge >= 0.3 is 0 Å². The summed E-state index contributed by atoms with van der Waals surface area (Å²) >= 11 is 0. The van der Waals surface area contributed by atoms with Crippen LogP contribution in [-0.4, -0.2) is 118 Å². The number of aliphatic hydroxyl groups is 1. The second-order valence-electron chi connectivity index (χ2n) is 12.3. The van der Waals surface area contributed by atoms with Gasteiger partial charge in [0.15, 0.2) is 12.0 Å². The highest BCUT2D eigenvalue weighted by Gasteiger charge is 2.27. The van der Waals surface area contributed by atoms with E-state index in [4.69, 9.17) is 0 Å². The van der Waals surface area contributed by atoms with Gasteiger partial charge in [0, 0.05) is 51.3 Å².